The van der Waals surface area contributed by atoms with Crippen LogP contribution in [0.4, 0.5) is 0 Å². The van der Waals surface area contributed by atoms with Crippen molar-refractivity contribution in [3.8, 4) is 0 Å². The topological polar surface area (TPSA) is 70.2 Å². The molecule has 1 heterocycles. The molecule has 1 saturated heterocycles. The van der Waals surface area contributed by atoms with Crippen molar-refractivity contribution in [3.05, 3.63) is 0 Å². The summed E-state index contributed by atoms with van der Waals surface area (Å²) < 4.78 is 0. The standard InChI is InChI=1S/C14H25N3O2/c1-3-15-13(18)9(2)16-14(19)12-8-10-6-4-5-7-11(10)17-12/h9-12,17H,3-8H2,1-2H3,(H,15,18)(H,16,19). The van der Waals surface area contributed by atoms with E-state index >= 15 is 0 Å². The van der Waals surface area contributed by atoms with Crippen LogP contribution in [0, 0.1) is 5.92 Å². The van der Waals surface area contributed by atoms with Crippen molar-refractivity contribution in [3.63, 3.8) is 0 Å². The summed E-state index contributed by atoms with van der Waals surface area (Å²) in [5, 5.41) is 8.94. The molecule has 1 saturated carbocycles. The Labute approximate surface area is 114 Å². The van der Waals surface area contributed by atoms with Gasteiger partial charge >= 0.3 is 0 Å². The second kappa shape index (κ2) is 6.37. The van der Waals surface area contributed by atoms with E-state index in [1.807, 2.05) is 6.92 Å². The second-order valence-corrected chi connectivity index (χ2v) is 5.73. The van der Waals surface area contributed by atoms with Crippen LogP contribution in [0.5, 0.6) is 0 Å². The molecule has 2 aliphatic rings. The van der Waals surface area contributed by atoms with Gasteiger partial charge in [-0.25, -0.2) is 0 Å². The molecule has 2 amide bonds. The average molecular weight is 267 g/mol. The van der Waals surface area contributed by atoms with Crippen molar-refractivity contribution in [2.45, 2.75) is 64.1 Å². The summed E-state index contributed by atoms with van der Waals surface area (Å²) in [6.45, 7) is 4.19. The van der Waals surface area contributed by atoms with Crippen LogP contribution in [0.1, 0.15) is 46.0 Å². The Morgan fingerprint density at radius 3 is 2.74 bits per heavy atom. The Balaban J connectivity index is 1.82. The van der Waals surface area contributed by atoms with Crippen molar-refractivity contribution in [1.82, 2.24) is 16.0 Å². The van der Waals surface area contributed by atoms with Gasteiger partial charge < -0.3 is 16.0 Å². The molecule has 0 aromatic carbocycles. The van der Waals surface area contributed by atoms with Gasteiger partial charge in [0.05, 0.1) is 6.04 Å². The minimum atomic E-state index is -0.461. The first kappa shape index (κ1) is 14.3. The molecule has 5 nitrogen and oxygen atoms in total. The average Bonchev–Trinajstić information content (AvgIpc) is 2.82. The Bertz CT molecular complexity index is 332. The highest BCUT2D eigenvalue weighted by Crippen LogP contribution is 2.33. The molecule has 2 fully saturated rings. The fraction of sp³-hybridized carbons (Fsp3) is 0.857. The van der Waals surface area contributed by atoms with Gasteiger partial charge in [0, 0.05) is 12.6 Å². The number of hydrogen-bond donors (Lipinski definition) is 3. The minimum Gasteiger partial charge on any atom is -0.355 e. The maximum absolute atomic E-state index is 12.2. The lowest BCUT2D eigenvalue weighted by Gasteiger charge is -2.24. The molecule has 0 aromatic rings. The highest BCUT2D eigenvalue weighted by Gasteiger charge is 2.38. The fourth-order valence-corrected chi connectivity index (χ4v) is 3.23. The van der Waals surface area contributed by atoms with Gasteiger partial charge in [-0.1, -0.05) is 12.8 Å². The van der Waals surface area contributed by atoms with E-state index in [-0.39, 0.29) is 17.9 Å². The number of carbonyl (C=O) groups excluding carboxylic acids is 2. The summed E-state index contributed by atoms with van der Waals surface area (Å²) in [5.41, 5.74) is 0. The monoisotopic (exact) mass is 267 g/mol. The van der Waals surface area contributed by atoms with Crippen LogP contribution in [-0.4, -0.2) is 36.5 Å². The van der Waals surface area contributed by atoms with E-state index in [4.69, 9.17) is 0 Å². The van der Waals surface area contributed by atoms with Gasteiger partial charge in [-0.3, -0.25) is 9.59 Å². The van der Waals surface area contributed by atoms with Crippen LogP contribution in [0.15, 0.2) is 0 Å². The third-order valence-electron chi connectivity index (χ3n) is 4.28. The van der Waals surface area contributed by atoms with Gasteiger partial charge in [-0.05, 0) is 39.0 Å². The van der Waals surface area contributed by atoms with E-state index in [1.165, 1.54) is 25.7 Å². The number of nitrogens with one attached hydrogen (secondary N) is 3. The van der Waals surface area contributed by atoms with Crippen molar-refractivity contribution < 1.29 is 9.59 Å². The molecule has 0 radical (unpaired) electrons. The maximum Gasteiger partial charge on any atom is 0.242 e. The molecule has 19 heavy (non-hydrogen) atoms. The van der Waals surface area contributed by atoms with Crippen LogP contribution in [0.25, 0.3) is 0 Å². The third-order valence-corrected chi connectivity index (χ3v) is 4.28. The largest absolute Gasteiger partial charge is 0.355 e. The highest BCUT2D eigenvalue weighted by molar-refractivity contribution is 5.89. The summed E-state index contributed by atoms with van der Waals surface area (Å²) in [4.78, 5) is 23.8. The predicted molar refractivity (Wildman–Crippen MR) is 73.6 cm³/mol. The molecular formula is C14H25N3O2. The Kier molecular flexibility index (Phi) is 4.80. The van der Waals surface area contributed by atoms with E-state index in [1.54, 1.807) is 6.92 Å². The normalized spacial score (nSPS) is 31.4. The van der Waals surface area contributed by atoms with E-state index in [0.29, 0.717) is 18.5 Å². The van der Waals surface area contributed by atoms with Crippen LogP contribution >= 0.6 is 0 Å². The number of amides is 2. The quantitative estimate of drug-likeness (QED) is 0.696. The van der Waals surface area contributed by atoms with Gasteiger partial charge in [0.2, 0.25) is 11.8 Å². The molecule has 0 bridgehead atoms. The van der Waals surface area contributed by atoms with Crippen molar-refractivity contribution in [2.24, 2.45) is 5.92 Å². The first-order chi connectivity index (χ1) is 9.11. The Morgan fingerprint density at radius 1 is 1.32 bits per heavy atom. The van der Waals surface area contributed by atoms with Gasteiger partial charge in [-0.15, -0.1) is 0 Å². The van der Waals surface area contributed by atoms with E-state index < -0.39 is 6.04 Å². The zero-order valence-corrected chi connectivity index (χ0v) is 11.9. The Morgan fingerprint density at radius 2 is 2.05 bits per heavy atom. The molecule has 0 aromatic heterocycles. The van der Waals surface area contributed by atoms with Gasteiger partial charge in [0.15, 0.2) is 0 Å². The third kappa shape index (κ3) is 3.47. The summed E-state index contributed by atoms with van der Waals surface area (Å²) in [5.74, 6) is 0.490. The minimum absolute atomic E-state index is 0.0341. The van der Waals surface area contributed by atoms with Crippen molar-refractivity contribution in [1.29, 1.82) is 0 Å². The molecule has 0 spiro atoms. The number of carbonyl (C=O) groups is 2. The number of hydrogen-bond acceptors (Lipinski definition) is 3. The smallest absolute Gasteiger partial charge is 0.242 e. The molecule has 4 unspecified atom stereocenters. The van der Waals surface area contributed by atoms with Gasteiger partial charge in [0.1, 0.15) is 6.04 Å². The SMILES string of the molecule is CCNC(=O)C(C)NC(=O)C1CC2CCCCC2N1. The van der Waals surface area contributed by atoms with Gasteiger partial charge in [-0.2, -0.15) is 0 Å². The zero-order valence-electron chi connectivity index (χ0n) is 11.9. The predicted octanol–water partition coefficient (Wildman–Crippen LogP) is 0.548. The van der Waals surface area contributed by atoms with Gasteiger partial charge in [0.25, 0.3) is 0 Å². The van der Waals surface area contributed by atoms with Crippen LogP contribution in [0.2, 0.25) is 0 Å². The number of rotatable bonds is 4. The number of likely N-dealkylation sites (N-methyl/N-ethyl adjacent to an activating group) is 1. The molecule has 108 valence electrons. The molecule has 2 rings (SSSR count). The number of fused-ring (bicyclic) bond motifs is 1. The highest BCUT2D eigenvalue weighted by atomic mass is 16.2. The van der Waals surface area contributed by atoms with Crippen molar-refractivity contribution in [2.75, 3.05) is 6.54 Å². The first-order valence-electron chi connectivity index (χ1n) is 7.46. The zero-order chi connectivity index (χ0) is 13.8. The molecule has 3 N–H and O–H groups in total. The Hall–Kier alpha value is -1.10. The molecule has 4 atom stereocenters. The van der Waals surface area contributed by atoms with Crippen LogP contribution < -0.4 is 16.0 Å². The summed E-state index contributed by atoms with van der Waals surface area (Å²) in [7, 11) is 0. The molecule has 5 heteroatoms. The fourth-order valence-electron chi connectivity index (χ4n) is 3.23. The lowest BCUT2D eigenvalue weighted by atomic mass is 9.85. The summed E-state index contributed by atoms with van der Waals surface area (Å²) in [6.07, 6.45) is 5.87. The first-order valence-corrected chi connectivity index (χ1v) is 7.46. The summed E-state index contributed by atoms with van der Waals surface area (Å²) in [6, 6.07) is -0.0777. The lowest BCUT2D eigenvalue weighted by Crippen LogP contribution is -2.50. The molecule has 1 aliphatic carbocycles. The summed E-state index contributed by atoms with van der Waals surface area (Å²) >= 11 is 0. The van der Waals surface area contributed by atoms with Crippen LogP contribution in [0.3, 0.4) is 0 Å². The lowest BCUT2D eigenvalue weighted by molar-refractivity contribution is -0.129. The van der Waals surface area contributed by atoms with Crippen LogP contribution in [-0.2, 0) is 9.59 Å². The van der Waals surface area contributed by atoms with Crippen molar-refractivity contribution >= 4 is 11.8 Å². The van der Waals surface area contributed by atoms with E-state index in [0.717, 1.165) is 6.42 Å². The molecule has 1 aliphatic heterocycles. The van der Waals surface area contributed by atoms with E-state index in [9.17, 15) is 9.59 Å². The molecular weight excluding hydrogens is 242 g/mol. The second-order valence-electron chi connectivity index (χ2n) is 5.73. The maximum atomic E-state index is 12.2. The van der Waals surface area contributed by atoms with E-state index in [2.05, 4.69) is 16.0 Å².